The maximum absolute atomic E-state index is 12.2. The number of hydrogen-bond acceptors (Lipinski definition) is 5. The second-order valence-electron chi connectivity index (χ2n) is 8.24. The van der Waals surface area contributed by atoms with Gasteiger partial charge in [0.1, 0.15) is 11.3 Å². The average molecular weight is 397 g/mol. The predicted molar refractivity (Wildman–Crippen MR) is 113 cm³/mol. The molecule has 1 amide bonds. The zero-order valence-corrected chi connectivity index (χ0v) is 17.1. The van der Waals surface area contributed by atoms with E-state index in [-0.39, 0.29) is 22.7 Å². The summed E-state index contributed by atoms with van der Waals surface area (Å²) in [6.07, 6.45) is 1.09. The molecule has 7 nitrogen and oxygen atoms in total. The fraction of sp³-hybridized carbons (Fsp3) is 0.409. The van der Waals surface area contributed by atoms with Crippen LogP contribution in [0.4, 0.5) is 16.2 Å². The molecule has 0 saturated carbocycles. The molecule has 0 unspecified atom stereocenters. The predicted octanol–water partition coefficient (Wildman–Crippen LogP) is 5.07. The van der Waals surface area contributed by atoms with Crippen LogP contribution < -0.4 is 5.32 Å². The number of piperidine rings is 1. The molecule has 7 heteroatoms. The SMILES string of the molecule is CC(C)(C)OC(=O)N1CCC(Nc2cc(-c3ccccc3)ccc2[N+](=O)[O-])CC1. The Morgan fingerprint density at radius 1 is 1.10 bits per heavy atom. The van der Waals surface area contributed by atoms with Gasteiger partial charge < -0.3 is 15.0 Å². The number of carbonyl (C=O) groups excluding carboxylic acids is 1. The Morgan fingerprint density at radius 3 is 2.34 bits per heavy atom. The summed E-state index contributed by atoms with van der Waals surface area (Å²) in [4.78, 5) is 25.0. The molecule has 1 heterocycles. The molecule has 1 fully saturated rings. The monoisotopic (exact) mass is 397 g/mol. The Hall–Kier alpha value is -3.09. The van der Waals surface area contributed by atoms with Gasteiger partial charge in [0, 0.05) is 25.2 Å². The number of likely N-dealkylation sites (tertiary alicyclic amines) is 1. The van der Waals surface area contributed by atoms with Crippen LogP contribution in [-0.4, -0.2) is 40.6 Å². The molecule has 1 saturated heterocycles. The standard InChI is InChI=1S/C22H27N3O4/c1-22(2,3)29-21(26)24-13-11-18(12-14-24)23-19-15-17(9-10-20(19)25(27)28)16-7-5-4-6-8-16/h4-10,15,18,23H,11-14H2,1-3H3. The Labute approximate surface area is 170 Å². The van der Waals surface area contributed by atoms with E-state index in [2.05, 4.69) is 5.32 Å². The number of benzene rings is 2. The highest BCUT2D eigenvalue weighted by molar-refractivity contribution is 5.74. The van der Waals surface area contributed by atoms with Crippen LogP contribution in [0.15, 0.2) is 48.5 Å². The summed E-state index contributed by atoms with van der Waals surface area (Å²) in [7, 11) is 0. The Kier molecular flexibility index (Phi) is 6.06. The van der Waals surface area contributed by atoms with Crippen LogP contribution in [0.2, 0.25) is 0 Å². The van der Waals surface area contributed by atoms with Crippen molar-refractivity contribution in [2.75, 3.05) is 18.4 Å². The van der Waals surface area contributed by atoms with E-state index in [9.17, 15) is 14.9 Å². The fourth-order valence-electron chi connectivity index (χ4n) is 3.37. The molecule has 154 valence electrons. The van der Waals surface area contributed by atoms with Crippen LogP contribution in [0.25, 0.3) is 11.1 Å². The minimum absolute atomic E-state index is 0.0541. The Bertz CT molecular complexity index is 869. The lowest BCUT2D eigenvalue weighted by Crippen LogP contribution is -2.44. The van der Waals surface area contributed by atoms with Crippen LogP contribution in [0, 0.1) is 10.1 Å². The van der Waals surface area contributed by atoms with Crippen molar-refractivity contribution < 1.29 is 14.5 Å². The first-order valence-corrected chi connectivity index (χ1v) is 9.81. The van der Waals surface area contributed by atoms with E-state index < -0.39 is 5.60 Å². The maximum atomic E-state index is 12.2. The average Bonchev–Trinajstić information content (AvgIpc) is 2.67. The van der Waals surface area contributed by atoms with Gasteiger partial charge in [0.05, 0.1) is 4.92 Å². The molecule has 2 aromatic rings. The summed E-state index contributed by atoms with van der Waals surface area (Å²) < 4.78 is 5.42. The number of nitrogens with zero attached hydrogens (tertiary/aromatic N) is 2. The molecule has 0 aliphatic carbocycles. The van der Waals surface area contributed by atoms with Gasteiger partial charge in [0.15, 0.2) is 0 Å². The van der Waals surface area contributed by atoms with Gasteiger partial charge in [-0.3, -0.25) is 10.1 Å². The summed E-state index contributed by atoms with van der Waals surface area (Å²) in [6, 6.07) is 15.0. The van der Waals surface area contributed by atoms with Crippen LogP contribution in [0.3, 0.4) is 0 Å². The third kappa shape index (κ3) is 5.47. The fourth-order valence-corrected chi connectivity index (χ4v) is 3.37. The summed E-state index contributed by atoms with van der Waals surface area (Å²) >= 11 is 0. The highest BCUT2D eigenvalue weighted by Gasteiger charge is 2.28. The largest absolute Gasteiger partial charge is 0.444 e. The summed E-state index contributed by atoms with van der Waals surface area (Å²) in [5.74, 6) is 0. The Balaban J connectivity index is 1.70. The number of rotatable bonds is 4. The molecular weight excluding hydrogens is 370 g/mol. The van der Waals surface area contributed by atoms with Crippen molar-refractivity contribution in [2.24, 2.45) is 0 Å². The number of anilines is 1. The lowest BCUT2D eigenvalue weighted by molar-refractivity contribution is -0.384. The number of nitro benzene ring substituents is 1. The molecule has 0 aromatic heterocycles. The molecule has 0 spiro atoms. The minimum Gasteiger partial charge on any atom is -0.444 e. The van der Waals surface area contributed by atoms with Crippen LogP contribution in [-0.2, 0) is 4.74 Å². The van der Waals surface area contributed by atoms with Crippen LogP contribution in [0.1, 0.15) is 33.6 Å². The first-order chi connectivity index (χ1) is 13.7. The van der Waals surface area contributed by atoms with Crippen molar-refractivity contribution in [2.45, 2.75) is 45.3 Å². The van der Waals surface area contributed by atoms with Gasteiger partial charge in [-0.05, 0) is 56.9 Å². The van der Waals surface area contributed by atoms with Gasteiger partial charge in [0.2, 0.25) is 0 Å². The number of hydrogen-bond donors (Lipinski definition) is 1. The van der Waals surface area contributed by atoms with Gasteiger partial charge in [-0.1, -0.05) is 30.3 Å². The van der Waals surface area contributed by atoms with Gasteiger partial charge >= 0.3 is 6.09 Å². The van der Waals surface area contributed by atoms with E-state index in [1.165, 1.54) is 0 Å². The lowest BCUT2D eigenvalue weighted by atomic mass is 10.0. The van der Waals surface area contributed by atoms with Gasteiger partial charge in [-0.2, -0.15) is 0 Å². The summed E-state index contributed by atoms with van der Waals surface area (Å²) in [5.41, 5.74) is 1.96. The maximum Gasteiger partial charge on any atom is 0.410 e. The Morgan fingerprint density at radius 2 is 1.76 bits per heavy atom. The number of nitro groups is 1. The van der Waals surface area contributed by atoms with Gasteiger partial charge in [-0.25, -0.2) is 4.79 Å². The van der Waals surface area contributed by atoms with Crippen LogP contribution in [0.5, 0.6) is 0 Å². The topological polar surface area (TPSA) is 84.7 Å². The van der Waals surface area contributed by atoms with Crippen molar-refractivity contribution in [3.05, 3.63) is 58.6 Å². The van der Waals surface area contributed by atoms with E-state index in [1.807, 2.05) is 57.2 Å². The third-order valence-corrected chi connectivity index (χ3v) is 4.81. The van der Waals surface area contributed by atoms with Crippen molar-refractivity contribution in [3.8, 4) is 11.1 Å². The summed E-state index contributed by atoms with van der Waals surface area (Å²) in [5, 5.41) is 14.8. The molecule has 0 radical (unpaired) electrons. The van der Waals surface area contributed by atoms with Crippen molar-refractivity contribution in [1.29, 1.82) is 0 Å². The molecule has 3 rings (SSSR count). The number of carbonyl (C=O) groups is 1. The lowest BCUT2D eigenvalue weighted by Gasteiger charge is -2.34. The molecule has 1 aliphatic rings. The van der Waals surface area contributed by atoms with E-state index in [1.54, 1.807) is 17.0 Å². The molecule has 2 aromatic carbocycles. The van der Waals surface area contributed by atoms with E-state index in [4.69, 9.17) is 4.74 Å². The highest BCUT2D eigenvalue weighted by Crippen LogP contribution is 2.32. The third-order valence-electron chi connectivity index (χ3n) is 4.81. The summed E-state index contributed by atoms with van der Waals surface area (Å²) in [6.45, 7) is 6.64. The number of nitrogens with one attached hydrogen (secondary N) is 1. The number of amides is 1. The highest BCUT2D eigenvalue weighted by atomic mass is 16.6. The van der Waals surface area contributed by atoms with E-state index in [0.29, 0.717) is 31.6 Å². The molecule has 1 N–H and O–H groups in total. The quantitative estimate of drug-likeness (QED) is 0.575. The van der Waals surface area contributed by atoms with Gasteiger partial charge in [-0.15, -0.1) is 0 Å². The molecular formula is C22H27N3O4. The van der Waals surface area contributed by atoms with Gasteiger partial charge in [0.25, 0.3) is 5.69 Å². The zero-order valence-electron chi connectivity index (χ0n) is 17.1. The van der Waals surface area contributed by atoms with Crippen molar-refractivity contribution in [1.82, 2.24) is 4.90 Å². The molecule has 29 heavy (non-hydrogen) atoms. The van der Waals surface area contributed by atoms with E-state index in [0.717, 1.165) is 11.1 Å². The van der Waals surface area contributed by atoms with E-state index >= 15 is 0 Å². The smallest absolute Gasteiger partial charge is 0.410 e. The molecule has 0 bridgehead atoms. The molecule has 1 aliphatic heterocycles. The minimum atomic E-state index is -0.523. The zero-order chi connectivity index (χ0) is 21.0. The van der Waals surface area contributed by atoms with Crippen LogP contribution >= 0.6 is 0 Å². The molecule has 0 atom stereocenters. The normalized spacial score (nSPS) is 15.1. The number of ether oxygens (including phenoxy) is 1. The van der Waals surface area contributed by atoms with Crippen molar-refractivity contribution >= 4 is 17.5 Å². The van der Waals surface area contributed by atoms with Crippen molar-refractivity contribution in [3.63, 3.8) is 0 Å². The second kappa shape index (κ2) is 8.51. The second-order valence-corrected chi connectivity index (χ2v) is 8.24. The first kappa shape index (κ1) is 20.6. The first-order valence-electron chi connectivity index (χ1n) is 9.81.